The third-order valence-corrected chi connectivity index (χ3v) is 6.34. The number of nitrogens with one attached hydrogen (secondary N) is 3. The van der Waals surface area contributed by atoms with Crippen molar-refractivity contribution in [3.63, 3.8) is 0 Å². The van der Waals surface area contributed by atoms with Crippen molar-refractivity contribution < 1.29 is 22.7 Å². The molecule has 0 aliphatic carbocycles. The molecular weight excluding hydrogens is 526 g/mol. The maximum absolute atomic E-state index is 12.8. The van der Waals surface area contributed by atoms with Crippen LogP contribution >= 0.6 is 12.6 Å². The van der Waals surface area contributed by atoms with Gasteiger partial charge in [0, 0.05) is 36.0 Å². The van der Waals surface area contributed by atoms with Gasteiger partial charge in [0.2, 0.25) is 15.9 Å². The van der Waals surface area contributed by atoms with Gasteiger partial charge in [0.25, 0.3) is 11.8 Å². The minimum atomic E-state index is -3.69. The van der Waals surface area contributed by atoms with Crippen molar-refractivity contribution in [2.45, 2.75) is 25.6 Å². The smallest absolute Gasteiger partial charge is 0.264 e. The van der Waals surface area contributed by atoms with Crippen LogP contribution in [0.1, 0.15) is 22.8 Å². The number of hydrogen-bond donors (Lipinski definition) is 5. The van der Waals surface area contributed by atoms with E-state index in [1.165, 1.54) is 12.1 Å². The van der Waals surface area contributed by atoms with Gasteiger partial charge in [-0.25, -0.2) is 18.1 Å². The van der Waals surface area contributed by atoms with E-state index in [2.05, 4.69) is 28.2 Å². The van der Waals surface area contributed by atoms with Gasteiger partial charge >= 0.3 is 0 Å². The Kier molecular flexibility index (Phi) is 10.1. The van der Waals surface area contributed by atoms with Gasteiger partial charge < -0.3 is 21.1 Å². The van der Waals surface area contributed by atoms with E-state index >= 15 is 0 Å². The molecule has 0 spiro atoms. The standard InChI is InChI=1S/C26H31N5O5S2/c1-17(24(32)29-14-18-7-6-10-20(13-18)25(33)31-38(2,34)35)36-26-23(28-15-21(27)16-37)12-11-22(30-26)19-8-4-3-5-9-19/h3-13,17,21,28,37H,14-16,27H2,1-2H3,(H,29,32)(H,31,33). The topological polar surface area (TPSA) is 153 Å². The first-order chi connectivity index (χ1) is 18.1. The second-order valence-corrected chi connectivity index (χ2v) is 10.7. The summed E-state index contributed by atoms with van der Waals surface area (Å²) in [6.45, 7) is 2.15. The van der Waals surface area contributed by atoms with E-state index in [1.54, 1.807) is 19.1 Å². The number of carbonyl (C=O) groups excluding carboxylic acids is 2. The molecule has 38 heavy (non-hydrogen) atoms. The van der Waals surface area contributed by atoms with Crippen molar-refractivity contribution in [3.8, 4) is 17.1 Å². The van der Waals surface area contributed by atoms with Crippen molar-refractivity contribution >= 4 is 40.2 Å². The molecule has 0 radical (unpaired) electrons. The van der Waals surface area contributed by atoms with Gasteiger partial charge in [-0.15, -0.1) is 0 Å². The van der Waals surface area contributed by atoms with E-state index in [1.807, 2.05) is 47.2 Å². The molecule has 0 aliphatic heterocycles. The van der Waals surface area contributed by atoms with Crippen LogP contribution in [0.15, 0.2) is 66.7 Å². The van der Waals surface area contributed by atoms with Crippen LogP contribution in [-0.4, -0.2) is 55.9 Å². The molecule has 2 aromatic carbocycles. The summed E-state index contributed by atoms with van der Waals surface area (Å²) in [5.41, 5.74) is 8.91. The zero-order valence-electron chi connectivity index (χ0n) is 21.0. The maximum Gasteiger partial charge on any atom is 0.264 e. The quantitative estimate of drug-likeness (QED) is 0.213. The number of amides is 2. The molecule has 2 amide bonds. The number of sulfonamides is 1. The highest BCUT2D eigenvalue weighted by molar-refractivity contribution is 7.89. The molecule has 3 rings (SSSR count). The first kappa shape index (κ1) is 29.0. The Morgan fingerprint density at radius 3 is 2.50 bits per heavy atom. The number of nitrogens with two attached hydrogens (primary N) is 1. The average molecular weight is 558 g/mol. The fourth-order valence-corrected chi connectivity index (χ4v) is 3.93. The Balaban J connectivity index is 1.70. The number of hydrogen-bond acceptors (Lipinski definition) is 9. The lowest BCUT2D eigenvalue weighted by atomic mass is 10.1. The van der Waals surface area contributed by atoms with Crippen LogP contribution in [0.5, 0.6) is 5.88 Å². The van der Waals surface area contributed by atoms with Gasteiger partial charge in [-0.2, -0.15) is 12.6 Å². The summed E-state index contributed by atoms with van der Waals surface area (Å²) in [6.07, 6.45) is 0.000499. The Labute approximate surface area is 227 Å². The normalized spacial score (nSPS) is 12.7. The molecule has 0 fully saturated rings. The summed E-state index contributed by atoms with van der Waals surface area (Å²) in [6, 6.07) is 19.4. The number of anilines is 1. The molecule has 1 aromatic heterocycles. The molecule has 1 heterocycles. The molecule has 2 atom stereocenters. The highest BCUT2D eigenvalue weighted by atomic mass is 32.2. The van der Waals surface area contributed by atoms with Gasteiger partial charge in [-0.1, -0.05) is 42.5 Å². The Bertz CT molecular complexity index is 1370. The number of rotatable bonds is 12. The van der Waals surface area contributed by atoms with Crippen LogP contribution in [0.3, 0.4) is 0 Å². The van der Waals surface area contributed by atoms with Crippen LogP contribution in [0.25, 0.3) is 11.3 Å². The average Bonchev–Trinajstić information content (AvgIpc) is 2.90. The summed E-state index contributed by atoms with van der Waals surface area (Å²) < 4.78 is 30.5. The first-order valence-corrected chi connectivity index (χ1v) is 14.3. The van der Waals surface area contributed by atoms with Gasteiger partial charge in [-0.3, -0.25) is 9.59 Å². The van der Waals surface area contributed by atoms with Crippen LogP contribution < -0.4 is 25.8 Å². The minimum Gasteiger partial charge on any atom is -0.463 e. The molecule has 0 aliphatic rings. The number of benzene rings is 2. The van der Waals surface area contributed by atoms with E-state index in [0.29, 0.717) is 29.2 Å². The third kappa shape index (κ3) is 8.75. The molecule has 2 unspecified atom stereocenters. The SMILES string of the molecule is CC(Oc1nc(-c2ccccc2)ccc1NCC(N)CS)C(=O)NCc1cccc(C(=O)NS(C)(=O)=O)c1. The second kappa shape index (κ2) is 13.3. The number of thiol groups is 1. The molecule has 3 aromatic rings. The van der Waals surface area contributed by atoms with Gasteiger partial charge in [0.05, 0.1) is 17.6 Å². The fourth-order valence-electron chi connectivity index (χ4n) is 3.34. The van der Waals surface area contributed by atoms with Gasteiger partial charge in [0.15, 0.2) is 6.10 Å². The predicted molar refractivity (Wildman–Crippen MR) is 151 cm³/mol. The maximum atomic E-state index is 12.8. The molecule has 12 heteroatoms. The zero-order valence-corrected chi connectivity index (χ0v) is 22.8. The van der Waals surface area contributed by atoms with Crippen LogP contribution in [0.2, 0.25) is 0 Å². The number of ether oxygens (including phenoxy) is 1. The van der Waals surface area contributed by atoms with Crippen LogP contribution in [-0.2, 0) is 21.4 Å². The molecule has 5 N–H and O–H groups in total. The molecule has 0 saturated heterocycles. The van der Waals surface area contributed by atoms with Crippen molar-refractivity contribution in [1.82, 2.24) is 15.0 Å². The minimum absolute atomic E-state index is 0.103. The Hall–Kier alpha value is -3.61. The largest absolute Gasteiger partial charge is 0.463 e. The molecule has 202 valence electrons. The predicted octanol–water partition coefficient (Wildman–Crippen LogP) is 2.19. The summed E-state index contributed by atoms with van der Waals surface area (Å²) in [7, 11) is -3.69. The number of nitrogens with zero attached hydrogens (tertiary/aromatic N) is 1. The second-order valence-electron chi connectivity index (χ2n) is 8.62. The molecule has 0 saturated carbocycles. The fraction of sp³-hybridized carbons (Fsp3) is 0.269. The van der Waals surface area contributed by atoms with Crippen molar-refractivity contribution in [2.24, 2.45) is 5.73 Å². The lowest BCUT2D eigenvalue weighted by Crippen LogP contribution is -2.36. The van der Waals surface area contributed by atoms with E-state index in [9.17, 15) is 18.0 Å². The lowest BCUT2D eigenvalue weighted by molar-refractivity contribution is -0.127. The highest BCUT2D eigenvalue weighted by Gasteiger charge is 2.19. The Morgan fingerprint density at radius 1 is 1.08 bits per heavy atom. The summed E-state index contributed by atoms with van der Waals surface area (Å²) in [5, 5.41) is 5.97. The van der Waals surface area contributed by atoms with E-state index < -0.39 is 27.9 Å². The summed E-state index contributed by atoms with van der Waals surface area (Å²) in [4.78, 5) is 29.6. The molecule has 0 bridgehead atoms. The number of carbonyl (C=O) groups is 2. The third-order valence-electron chi connectivity index (χ3n) is 5.31. The van der Waals surface area contributed by atoms with E-state index in [-0.39, 0.29) is 24.0 Å². The van der Waals surface area contributed by atoms with Crippen molar-refractivity contribution in [2.75, 3.05) is 23.9 Å². The van der Waals surface area contributed by atoms with Gasteiger partial charge in [0.1, 0.15) is 0 Å². The summed E-state index contributed by atoms with van der Waals surface area (Å²) >= 11 is 4.21. The monoisotopic (exact) mass is 557 g/mol. The lowest BCUT2D eigenvalue weighted by Gasteiger charge is -2.19. The molecular formula is C26H31N5O5S2. The zero-order chi connectivity index (χ0) is 27.7. The van der Waals surface area contributed by atoms with Crippen LogP contribution in [0.4, 0.5) is 5.69 Å². The summed E-state index contributed by atoms with van der Waals surface area (Å²) in [5.74, 6) is -0.408. The van der Waals surface area contributed by atoms with E-state index in [4.69, 9.17) is 10.5 Å². The van der Waals surface area contributed by atoms with Crippen LogP contribution in [0, 0.1) is 0 Å². The molecule has 10 nitrogen and oxygen atoms in total. The Morgan fingerprint density at radius 2 is 1.82 bits per heavy atom. The first-order valence-electron chi connectivity index (χ1n) is 11.8. The van der Waals surface area contributed by atoms with Crippen molar-refractivity contribution in [3.05, 3.63) is 77.9 Å². The highest BCUT2D eigenvalue weighted by Crippen LogP contribution is 2.28. The number of pyridine rings is 1. The van der Waals surface area contributed by atoms with E-state index in [0.717, 1.165) is 11.8 Å². The van der Waals surface area contributed by atoms with Gasteiger partial charge in [-0.05, 0) is 36.8 Å². The van der Waals surface area contributed by atoms with Crippen molar-refractivity contribution in [1.29, 1.82) is 0 Å². The number of aromatic nitrogens is 1.